The van der Waals surface area contributed by atoms with Crippen LogP contribution < -0.4 is 4.74 Å². The van der Waals surface area contributed by atoms with Gasteiger partial charge in [-0.05, 0) is 18.1 Å². The van der Waals surface area contributed by atoms with Gasteiger partial charge in [-0.15, -0.1) is 0 Å². The lowest BCUT2D eigenvalue weighted by Crippen LogP contribution is -2.36. The summed E-state index contributed by atoms with van der Waals surface area (Å²) < 4.78 is 5.76. The summed E-state index contributed by atoms with van der Waals surface area (Å²) in [5.74, 6) is -0.402. The first-order valence-corrected chi connectivity index (χ1v) is 6.27. The number of aryl methyl sites for hydroxylation is 1. The monoisotopic (exact) mass is 258 g/mol. The molecular formula is C16H18O3. The molecule has 0 radical (unpaired) electrons. The van der Waals surface area contributed by atoms with Crippen molar-refractivity contribution in [1.82, 2.24) is 0 Å². The number of aliphatic hydroxyl groups is 2. The third-order valence-corrected chi connectivity index (χ3v) is 3.21. The minimum atomic E-state index is -1.18. The van der Waals surface area contributed by atoms with Crippen molar-refractivity contribution < 1.29 is 14.9 Å². The maximum absolute atomic E-state index is 10.6. The Balaban J connectivity index is 0.000000637. The van der Waals surface area contributed by atoms with Crippen LogP contribution in [0.1, 0.15) is 17.5 Å². The van der Waals surface area contributed by atoms with Crippen molar-refractivity contribution in [2.45, 2.75) is 18.6 Å². The highest BCUT2D eigenvalue weighted by atomic mass is 16.6. The fourth-order valence-electron chi connectivity index (χ4n) is 2.25. The highest BCUT2D eigenvalue weighted by Crippen LogP contribution is 2.37. The number of fused-ring (bicyclic) bond motifs is 1. The van der Waals surface area contributed by atoms with E-state index in [1.807, 2.05) is 54.6 Å². The summed E-state index contributed by atoms with van der Waals surface area (Å²) in [4.78, 5) is 0. The number of benzene rings is 2. The number of hydrogen-bond donors (Lipinski definition) is 2. The molecule has 0 saturated heterocycles. The van der Waals surface area contributed by atoms with Gasteiger partial charge in [0.2, 0.25) is 5.79 Å². The second kappa shape index (κ2) is 5.87. The van der Waals surface area contributed by atoms with Gasteiger partial charge in [0.25, 0.3) is 0 Å². The van der Waals surface area contributed by atoms with E-state index in [9.17, 15) is 5.11 Å². The van der Waals surface area contributed by atoms with Gasteiger partial charge in [0.1, 0.15) is 5.75 Å². The van der Waals surface area contributed by atoms with Crippen LogP contribution in [0.15, 0.2) is 54.6 Å². The fourth-order valence-corrected chi connectivity index (χ4v) is 2.25. The fraction of sp³-hybridized carbons (Fsp3) is 0.250. The van der Waals surface area contributed by atoms with Crippen molar-refractivity contribution in [3.05, 3.63) is 65.7 Å². The van der Waals surface area contributed by atoms with Crippen LogP contribution in [-0.2, 0) is 12.2 Å². The summed E-state index contributed by atoms with van der Waals surface area (Å²) >= 11 is 0. The van der Waals surface area contributed by atoms with Crippen LogP contribution in [0.3, 0.4) is 0 Å². The molecule has 1 atom stereocenters. The molecule has 3 heteroatoms. The van der Waals surface area contributed by atoms with Crippen LogP contribution in [0.2, 0.25) is 0 Å². The summed E-state index contributed by atoms with van der Waals surface area (Å²) in [5, 5.41) is 17.6. The average Bonchev–Trinajstić information content (AvgIpc) is 2.50. The molecule has 0 spiro atoms. The average molecular weight is 258 g/mol. The Bertz CT molecular complexity index is 525. The van der Waals surface area contributed by atoms with Gasteiger partial charge in [-0.25, -0.2) is 0 Å². The van der Waals surface area contributed by atoms with E-state index in [-0.39, 0.29) is 0 Å². The van der Waals surface area contributed by atoms with Crippen LogP contribution in [0.5, 0.6) is 5.75 Å². The largest absolute Gasteiger partial charge is 0.458 e. The molecule has 2 aromatic carbocycles. The van der Waals surface area contributed by atoms with E-state index in [0.29, 0.717) is 6.42 Å². The molecule has 1 unspecified atom stereocenters. The second-order valence-electron chi connectivity index (χ2n) is 4.36. The predicted octanol–water partition coefficient (Wildman–Crippen LogP) is 2.47. The molecule has 2 N–H and O–H groups in total. The zero-order valence-electron chi connectivity index (χ0n) is 10.9. The maximum atomic E-state index is 10.6. The summed E-state index contributed by atoms with van der Waals surface area (Å²) in [6.45, 7) is 0. The van der Waals surface area contributed by atoms with E-state index < -0.39 is 5.79 Å². The van der Waals surface area contributed by atoms with E-state index in [0.717, 1.165) is 30.4 Å². The minimum Gasteiger partial charge on any atom is -0.458 e. The van der Waals surface area contributed by atoms with Crippen LogP contribution in [-0.4, -0.2) is 17.3 Å². The number of hydrogen-bond acceptors (Lipinski definition) is 3. The summed E-state index contributed by atoms with van der Waals surface area (Å²) in [7, 11) is 1.00. The van der Waals surface area contributed by atoms with Gasteiger partial charge in [-0.2, -0.15) is 0 Å². The molecule has 0 amide bonds. The lowest BCUT2D eigenvalue weighted by Gasteiger charge is -2.34. The first-order valence-electron chi connectivity index (χ1n) is 6.27. The molecule has 0 saturated carbocycles. The number of ether oxygens (including phenoxy) is 1. The van der Waals surface area contributed by atoms with Gasteiger partial charge in [0.15, 0.2) is 0 Å². The molecule has 1 aliphatic rings. The molecule has 3 nitrogen and oxygen atoms in total. The highest BCUT2D eigenvalue weighted by Gasteiger charge is 2.35. The van der Waals surface area contributed by atoms with Gasteiger partial charge in [0, 0.05) is 19.1 Å². The predicted molar refractivity (Wildman–Crippen MR) is 73.9 cm³/mol. The standard InChI is InChI=1S/C15H14O2.CH4O/c16-15(13-7-2-1-3-8-13)11-10-12-6-4-5-9-14(12)17-15;1-2/h1-9,16H,10-11H2;2H,1H3. The van der Waals surface area contributed by atoms with Gasteiger partial charge in [-0.1, -0.05) is 48.5 Å². The Morgan fingerprint density at radius 3 is 2.32 bits per heavy atom. The molecule has 1 aliphatic heterocycles. The Kier molecular flexibility index (Phi) is 4.20. The third kappa shape index (κ3) is 2.78. The van der Waals surface area contributed by atoms with Crippen molar-refractivity contribution >= 4 is 0 Å². The molecule has 2 aromatic rings. The third-order valence-electron chi connectivity index (χ3n) is 3.21. The van der Waals surface area contributed by atoms with Crippen LogP contribution in [0, 0.1) is 0 Å². The second-order valence-corrected chi connectivity index (χ2v) is 4.36. The van der Waals surface area contributed by atoms with Gasteiger partial charge >= 0.3 is 0 Å². The lowest BCUT2D eigenvalue weighted by molar-refractivity contribution is -0.158. The van der Waals surface area contributed by atoms with Crippen molar-refractivity contribution in [3.63, 3.8) is 0 Å². The molecule has 0 bridgehead atoms. The SMILES string of the molecule is CO.OC1(c2ccccc2)CCc2ccccc2O1. The summed E-state index contributed by atoms with van der Waals surface area (Å²) in [6, 6.07) is 17.4. The van der Waals surface area contributed by atoms with Crippen molar-refractivity contribution in [3.8, 4) is 5.75 Å². The van der Waals surface area contributed by atoms with Crippen molar-refractivity contribution in [2.24, 2.45) is 0 Å². The zero-order chi connectivity index (χ0) is 13.7. The normalized spacial score (nSPS) is 20.6. The number of para-hydroxylation sites is 1. The molecule has 0 aromatic heterocycles. The number of rotatable bonds is 1. The highest BCUT2D eigenvalue weighted by molar-refractivity contribution is 5.37. The topological polar surface area (TPSA) is 49.7 Å². The molecular weight excluding hydrogens is 240 g/mol. The van der Waals surface area contributed by atoms with Crippen molar-refractivity contribution in [2.75, 3.05) is 7.11 Å². The number of aliphatic hydroxyl groups excluding tert-OH is 1. The van der Waals surface area contributed by atoms with Gasteiger partial charge < -0.3 is 14.9 Å². The first-order chi connectivity index (χ1) is 9.28. The van der Waals surface area contributed by atoms with E-state index in [1.54, 1.807) is 0 Å². The van der Waals surface area contributed by atoms with E-state index in [4.69, 9.17) is 9.84 Å². The van der Waals surface area contributed by atoms with E-state index in [1.165, 1.54) is 0 Å². The smallest absolute Gasteiger partial charge is 0.235 e. The van der Waals surface area contributed by atoms with Gasteiger partial charge in [-0.3, -0.25) is 0 Å². The van der Waals surface area contributed by atoms with Crippen molar-refractivity contribution in [1.29, 1.82) is 0 Å². The Morgan fingerprint density at radius 1 is 0.947 bits per heavy atom. The lowest BCUT2D eigenvalue weighted by atomic mass is 9.94. The van der Waals surface area contributed by atoms with Gasteiger partial charge in [0.05, 0.1) is 0 Å². The Morgan fingerprint density at radius 2 is 1.58 bits per heavy atom. The molecule has 1 heterocycles. The van der Waals surface area contributed by atoms with E-state index in [2.05, 4.69) is 0 Å². The maximum Gasteiger partial charge on any atom is 0.235 e. The Labute approximate surface area is 113 Å². The van der Waals surface area contributed by atoms with E-state index >= 15 is 0 Å². The zero-order valence-corrected chi connectivity index (χ0v) is 10.9. The minimum absolute atomic E-state index is 0.591. The molecule has 19 heavy (non-hydrogen) atoms. The molecule has 3 rings (SSSR count). The quantitative estimate of drug-likeness (QED) is 0.826. The summed E-state index contributed by atoms with van der Waals surface area (Å²) in [5.41, 5.74) is 1.97. The van der Waals surface area contributed by atoms with Crippen LogP contribution in [0.25, 0.3) is 0 Å². The van der Waals surface area contributed by atoms with Crippen LogP contribution in [0.4, 0.5) is 0 Å². The molecule has 100 valence electrons. The van der Waals surface area contributed by atoms with Crippen LogP contribution >= 0.6 is 0 Å². The Hall–Kier alpha value is -1.84. The molecule has 0 aliphatic carbocycles. The summed E-state index contributed by atoms with van der Waals surface area (Å²) in [6.07, 6.45) is 1.43. The molecule has 0 fully saturated rings. The first kappa shape index (κ1) is 13.6.